The summed E-state index contributed by atoms with van der Waals surface area (Å²) in [6.45, 7) is 7.08. The number of nitrogens with one attached hydrogen (secondary N) is 1. The van der Waals surface area contributed by atoms with E-state index in [9.17, 15) is 0 Å². The first-order valence-electron chi connectivity index (χ1n) is 7.14. The van der Waals surface area contributed by atoms with Gasteiger partial charge in [-0.1, -0.05) is 23.8 Å². The number of aryl methyl sites for hydroxylation is 4. The van der Waals surface area contributed by atoms with Crippen molar-refractivity contribution < 1.29 is 0 Å². The molecule has 0 aliphatic heterocycles. The van der Waals surface area contributed by atoms with Crippen molar-refractivity contribution in [3.8, 4) is 0 Å². The zero-order valence-electron chi connectivity index (χ0n) is 12.9. The second kappa shape index (κ2) is 5.20. The number of anilines is 1. The minimum absolute atomic E-state index is 0.804. The second-order valence-electron chi connectivity index (χ2n) is 5.59. The molecular formula is C17H20N4. The van der Waals surface area contributed by atoms with E-state index in [0.717, 1.165) is 29.0 Å². The minimum atomic E-state index is 0.804. The van der Waals surface area contributed by atoms with Crippen LogP contribution in [-0.4, -0.2) is 14.8 Å². The first kappa shape index (κ1) is 13.6. The van der Waals surface area contributed by atoms with Crippen molar-refractivity contribution in [2.24, 2.45) is 7.05 Å². The highest BCUT2D eigenvalue weighted by Crippen LogP contribution is 2.20. The number of hydrogen-bond donors (Lipinski definition) is 1. The molecule has 3 rings (SSSR count). The maximum atomic E-state index is 4.49. The molecule has 1 aromatic carbocycles. The molecule has 0 spiro atoms. The number of aromatic nitrogens is 3. The van der Waals surface area contributed by atoms with Gasteiger partial charge in [0.15, 0.2) is 5.65 Å². The van der Waals surface area contributed by atoms with Crippen molar-refractivity contribution in [2.45, 2.75) is 27.3 Å². The fourth-order valence-electron chi connectivity index (χ4n) is 2.65. The van der Waals surface area contributed by atoms with E-state index >= 15 is 0 Å². The zero-order chi connectivity index (χ0) is 15.0. The van der Waals surface area contributed by atoms with Crippen LogP contribution in [0.15, 0.2) is 30.5 Å². The van der Waals surface area contributed by atoms with Gasteiger partial charge in [0.2, 0.25) is 0 Å². The van der Waals surface area contributed by atoms with Crippen molar-refractivity contribution in [3.05, 3.63) is 52.8 Å². The van der Waals surface area contributed by atoms with Gasteiger partial charge in [-0.15, -0.1) is 0 Å². The van der Waals surface area contributed by atoms with Crippen LogP contribution in [0.3, 0.4) is 0 Å². The summed E-state index contributed by atoms with van der Waals surface area (Å²) in [6.07, 6.45) is 1.87. The Hall–Kier alpha value is -2.36. The molecule has 3 aromatic rings. The molecule has 0 bridgehead atoms. The van der Waals surface area contributed by atoms with Gasteiger partial charge in [-0.2, -0.15) is 5.10 Å². The molecule has 0 saturated carbocycles. The van der Waals surface area contributed by atoms with Crippen LogP contribution in [0, 0.1) is 20.8 Å². The molecule has 0 radical (unpaired) electrons. The molecule has 0 amide bonds. The summed E-state index contributed by atoms with van der Waals surface area (Å²) in [5, 5.41) is 8.95. The van der Waals surface area contributed by atoms with Gasteiger partial charge in [0.25, 0.3) is 0 Å². The van der Waals surface area contributed by atoms with Crippen LogP contribution < -0.4 is 5.32 Å². The fourth-order valence-corrected chi connectivity index (χ4v) is 2.65. The molecule has 0 fully saturated rings. The van der Waals surface area contributed by atoms with Crippen LogP contribution >= 0.6 is 0 Å². The lowest BCUT2D eigenvalue weighted by Gasteiger charge is -2.10. The van der Waals surface area contributed by atoms with Gasteiger partial charge in [0.1, 0.15) is 0 Å². The molecule has 4 nitrogen and oxygen atoms in total. The molecule has 0 saturated heterocycles. The monoisotopic (exact) mass is 280 g/mol. The number of fused-ring (bicyclic) bond motifs is 1. The van der Waals surface area contributed by atoms with Gasteiger partial charge in [0.05, 0.1) is 17.6 Å². The highest BCUT2D eigenvalue weighted by atomic mass is 15.3. The summed E-state index contributed by atoms with van der Waals surface area (Å²) in [5.74, 6) is 0. The van der Waals surface area contributed by atoms with Crippen LogP contribution in [-0.2, 0) is 13.6 Å². The van der Waals surface area contributed by atoms with Crippen LogP contribution in [0.4, 0.5) is 5.69 Å². The molecule has 4 heteroatoms. The average Bonchev–Trinajstić information content (AvgIpc) is 2.73. The largest absolute Gasteiger partial charge is 0.380 e. The van der Waals surface area contributed by atoms with Gasteiger partial charge >= 0.3 is 0 Å². The lowest BCUT2D eigenvalue weighted by atomic mass is 10.1. The SMILES string of the molecule is Cc1ccc(CNc2cnc3c(c2)c(C)nn3C)c(C)c1. The number of rotatable bonds is 3. The summed E-state index contributed by atoms with van der Waals surface area (Å²) in [4.78, 5) is 4.49. The Morgan fingerprint density at radius 1 is 1.14 bits per heavy atom. The van der Waals surface area contributed by atoms with Crippen LogP contribution in [0.2, 0.25) is 0 Å². The smallest absolute Gasteiger partial charge is 0.157 e. The van der Waals surface area contributed by atoms with Crippen molar-refractivity contribution in [2.75, 3.05) is 5.32 Å². The van der Waals surface area contributed by atoms with E-state index in [2.05, 4.69) is 53.5 Å². The summed E-state index contributed by atoms with van der Waals surface area (Å²) >= 11 is 0. The molecule has 21 heavy (non-hydrogen) atoms. The standard InChI is InChI=1S/C17H20N4/c1-11-5-6-14(12(2)7-11)9-18-15-8-16-13(3)20-21(4)17(16)19-10-15/h5-8,10,18H,9H2,1-4H3. The first-order valence-corrected chi connectivity index (χ1v) is 7.14. The van der Waals surface area contributed by atoms with Crippen molar-refractivity contribution in [1.29, 1.82) is 0 Å². The third-order valence-electron chi connectivity index (χ3n) is 3.84. The van der Waals surface area contributed by atoms with Crippen molar-refractivity contribution in [3.63, 3.8) is 0 Å². The van der Waals surface area contributed by atoms with E-state index < -0.39 is 0 Å². The fraction of sp³-hybridized carbons (Fsp3) is 0.294. The Bertz CT molecular complexity index is 802. The normalized spacial score (nSPS) is 11.0. The Morgan fingerprint density at radius 2 is 1.95 bits per heavy atom. The Morgan fingerprint density at radius 3 is 2.71 bits per heavy atom. The minimum Gasteiger partial charge on any atom is -0.380 e. The molecule has 2 aromatic heterocycles. The Labute approximate surface area is 124 Å². The van der Waals surface area contributed by atoms with Gasteiger partial charge in [0, 0.05) is 19.0 Å². The molecule has 0 atom stereocenters. The summed E-state index contributed by atoms with van der Waals surface area (Å²) < 4.78 is 1.82. The van der Waals surface area contributed by atoms with E-state index in [4.69, 9.17) is 0 Å². The van der Waals surface area contributed by atoms with Crippen LogP contribution in [0.5, 0.6) is 0 Å². The van der Waals surface area contributed by atoms with Crippen LogP contribution in [0.1, 0.15) is 22.4 Å². The Kier molecular flexibility index (Phi) is 3.37. The molecule has 2 heterocycles. The summed E-state index contributed by atoms with van der Waals surface area (Å²) in [6, 6.07) is 8.66. The number of benzene rings is 1. The molecule has 0 aliphatic rings. The first-order chi connectivity index (χ1) is 10.0. The molecule has 0 aliphatic carbocycles. The highest BCUT2D eigenvalue weighted by Gasteiger charge is 2.07. The van der Waals surface area contributed by atoms with Crippen LogP contribution in [0.25, 0.3) is 11.0 Å². The van der Waals surface area contributed by atoms with E-state index in [-0.39, 0.29) is 0 Å². The lowest BCUT2D eigenvalue weighted by molar-refractivity contribution is 0.774. The quantitative estimate of drug-likeness (QED) is 0.798. The van der Waals surface area contributed by atoms with E-state index in [1.54, 1.807) is 0 Å². The predicted molar refractivity (Wildman–Crippen MR) is 86.5 cm³/mol. The third-order valence-corrected chi connectivity index (χ3v) is 3.84. The summed E-state index contributed by atoms with van der Waals surface area (Å²) in [5.41, 5.74) is 6.88. The van der Waals surface area contributed by atoms with E-state index in [0.29, 0.717) is 0 Å². The molecule has 108 valence electrons. The van der Waals surface area contributed by atoms with Crippen molar-refractivity contribution >= 4 is 16.7 Å². The topological polar surface area (TPSA) is 42.7 Å². The predicted octanol–water partition coefficient (Wildman–Crippen LogP) is 3.51. The molecular weight excluding hydrogens is 260 g/mol. The van der Waals surface area contributed by atoms with Gasteiger partial charge < -0.3 is 5.32 Å². The van der Waals surface area contributed by atoms with E-state index in [1.807, 2.05) is 24.9 Å². The maximum Gasteiger partial charge on any atom is 0.157 e. The van der Waals surface area contributed by atoms with Crippen molar-refractivity contribution in [1.82, 2.24) is 14.8 Å². The van der Waals surface area contributed by atoms with Gasteiger partial charge in [-0.3, -0.25) is 4.68 Å². The zero-order valence-corrected chi connectivity index (χ0v) is 12.9. The number of pyridine rings is 1. The molecule has 1 N–H and O–H groups in total. The van der Waals surface area contributed by atoms with Gasteiger partial charge in [-0.05, 0) is 38.0 Å². The third kappa shape index (κ3) is 2.61. The highest BCUT2D eigenvalue weighted by molar-refractivity contribution is 5.81. The van der Waals surface area contributed by atoms with Gasteiger partial charge in [-0.25, -0.2) is 4.98 Å². The average molecular weight is 280 g/mol. The maximum absolute atomic E-state index is 4.49. The molecule has 0 unspecified atom stereocenters. The lowest BCUT2D eigenvalue weighted by Crippen LogP contribution is -2.02. The summed E-state index contributed by atoms with van der Waals surface area (Å²) in [7, 11) is 1.92. The second-order valence-corrected chi connectivity index (χ2v) is 5.59. The number of nitrogens with zero attached hydrogens (tertiary/aromatic N) is 3. The number of hydrogen-bond acceptors (Lipinski definition) is 3. The Balaban J connectivity index is 1.83. The van der Waals surface area contributed by atoms with E-state index in [1.165, 1.54) is 16.7 Å².